The number of anilines is 4. The Balaban J connectivity index is 1.02. The van der Waals surface area contributed by atoms with Gasteiger partial charge in [0, 0.05) is 27.8 Å². The van der Waals surface area contributed by atoms with E-state index >= 15 is 0 Å². The molecule has 1 unspecified atom stereocenters. The minimum absolute atomic E-state index is 0.406. The molecule has 1 aliphatic carbocycles. The number of rotatable bonds is 7. The van der Waals surface area contributed by atoms with Crippen LogP contribution in [0.2, 0.25) is 0 Å². The van der Waals surface area contributed by atoms with Crippen molar-refractivity contribution in [2.75, 3.05) is 10.2 Å². The molecular formula is C52H38N2. The minimum Gasteiger partial charge on any atom is -0.371 e. The Labute approximate surface area is 316 Å². The van der Waals surface area contributed by atoms with E-state index < -0.39 is 5.54 Å². The van der Waals surface area contributed by atoms with Crippen LogP contribution in [0.1, 0.15) is 17.5 Å². The predicted molar refractivity (Wildman–Crippen MR) is 231 cm³/mol. The second-order valence-electron chi connectivity index (χ2n) is 14.2. The first-order valence-corrected chi connectivity index (χ1v) is 18.7. The molecule has 9 aromatic rings. The fourth-order valence-electron chi connectivity index (χ4n) is 8.39. The Kier molecular flexibility index (Phi) is 7.81. The number of benzene rings is 9. The lowest BCUT2D eigenvalue weighted by Crippen LogP contribution is -2.34. The minimum atomic E-state index is -0.406. The Morgan fingerprint density at radius 1 is 0.444 bits per heavy atom. The summed E-state index contributed by atoms with van der Waals surface area (Å²) in [6.45, 7) is 0. The SMILES string of the molecule is C1=CC(Nc2cc3ccccc3c3ccccc23)(c2ccccc2)CC=C1c1ccc(N(c2ccccc2)c2cc3ccccc3c3ccccc23)cc1. The van der Waals surface area contributed by atoms with Gasteiger partial charge in [-0.2, -0.15) is 0 Å². The molecule has 0 radical (unpaired) electrons. The average molecular weight is 691 g/mol. The third kappa shape index (κ3) is 5.52. The molecule has 0 amide bonds. The van der Waals surface area contributed by atoms with Crippen molar-refractivity contribution < 1.29 is 0 Å². The number of hydrogen-bond acceptors (Lipinski definition) is 2. The zero-order valence-electron chi connectivity index (χ0n) is 29.9. The standard InChI is InChI=1S/C52H38N2/c1-3-17-41(18-4-1)52(53-50-35-39-15-7-9-21-44(39)46-23-11-13-25-48(46)50)33-31-38(32-34-52)37-27-29-43(30-28-37)54(42-19-5-2-6-20-42)51-36-40-16-8-10-22-45(40)47-24-12-14-26-49(47)51/h1-33,35-36,53H,34H2. The number of allylic oxidation sites excluding steroid dienone is 2. The molecule has 1 N–H and O–H groups in total. The topological polar surface area (TPSA) is 15.3 Å². The highest BCUT2D eigenvalue weighted by Crippen LogP contribution is 2.44. The van der Waals surface area contributed by atoms with Crippen LogP contribution in [0.4, 0.5) is 22.7 Å². The molecule has 1 aliphatic rings. The van der Waals surface area contributed by atoms with Crippen molar-refractivity contribution in [1.29, 1.82) is 0 Å². The predicted octanol–water partition coefficient (Wildman–Crippen LogP) is 14.1. The van der Waals surface area contributed by atoms with Crippen molar-refractivity contribution in [1.82, 2.24) is 0 Å². The van der Waals surface area contributed by atoms with Crippen LogP contribution in [0, 0.1) is 0 Å². The van der Waals surface area contributed by atoms with Gasteiger partial charge in [-0.25, -0.2) is 0 Å². The van der Waals surface area contributed by atoms with E-state index in [1.165, 1.54) is 65.5 Å². The van der Waals surface area contributed by atoms with Gasteiger partial charge in [-0.05, 0) is 91.8 Å². The summed E-state index contributed by atoms with van der Waals surface area (Å²) in [4.78, 5) is 2.39. The summed E-state index contributed by atoms with van der Waals surface area (Å²) in [6.07, 6.45) is 7.87. The third-order valence-corrected chi connectivity index (χ3v) is 11.1. The summed E-state index contributed by atoms with van der Waals surface area (Å²) in [7, 11) is 0. The quantitative estimate of drug-likeness (QED) is 0.168. The van der Waals surface area contributed by atoms with Crippen molar-refractivity contribution in [3.05, 3.63) is 223 Å². The van der Waals surface area contributed by atoms with Crippen molar-refractivity contribution in [3.8, 4) is 0 Å². The molecule has 0 heterocycles. The zero-order chi connectivity index (χ0) is 35.9. The highest BCUT2D eigenvalue weighted by atomic mass is 15.1. The molecule has 54 heavy (non-hydrogen) atoms. The summed E-state index contributed by atoms with van der Waals surface area (Å²) < 4.78 is 0. The highest BCUT2D eigenvalue weighted by molar-refractivity contribution is 6.15. The summed E-state index contributed by atoms with van der Waals surface area (Å²) in [6, 6.07) is 70.1. The lowest BCUT2D eigenvalue weighted by atomic mass is 9.80. The fourth-order valence-corrected chi connectivity index (χ4v) is 8.39. The molecule has 256 valence electrons. The van der Waals surface area contributed by atoms with Gasteiger partial charge in [0.05, 0.1) is 11.2 Å². The van der Waals surface area contributed by atoms with E-state index in [1.807, 2.05) is 0 Å². The first kappa shape index (κ1) is 31.8. The van der Waals surface area contributed by atoms with Crippen LogP contribution in [0.5, 0.6) is 0 Å². The second-order valence-corrected chi connectivity index (χ2v) is 14.2. The van der Waals surface area contributed by atoms with Gasteiger partial charge in [0.25, 0.3) is 0 Å². The second kappa shape index (κ2) is 13.3. The molecule has 9 aromatic carbocycles. The van der Waals surface area contributed by atoms with Crippen molar-refractivity contribution in [2.24, 2.45) is 0 Å². The zero-order valence-corrected chi connectivity index (χ0v) is 29.9. The lowest BCUT2D eigenvalue weighted by molar-refractivity contribution is 0.621. The first-order valence-electron chi connectivity index (χ1n) is 18.7. The molecule has 2 nitrogen and oxygen atoms in total. The summed E-state index contributed by atoms with van der Waals surface area (Å²) in [5, 5.41) is 14.1. The van der Waals surface area contributed by atoms with Gasteiger partial charge >= 0.3 is 0 Å². The molecule has 0 fully saturated rings. The first-order chi connectivity index (χ1) is 26.7. The summed E-state index contributed by atoms with van der Waals surface area (Å²) in [5.41, 5.74) is 7.81. The Morgan fingerprint density at radius 2 is 0.963 bits per heavy atom. The Bertz CT molecular complexity index is 2870. The summed E-state index contributed by atoms with van der Waals surface area (Å²) in [5.74, 6) is 0. The van der Waals surface area contributed by atoms with Gasteiger partial charge in [-0.15, -0.1) is 0 Å². The van der Waals surface area contributed by atoms with Gasteiger partial charge in [0.1, 0.15) is 0 Å². The van der Waals surface area contributed by atoms with Crippen molar-refractivity contribution >= 4 is 71.4 Å². The molecular weight excluding hydrogens is 653 g/mol. The van der Waals surface area contributed by atoms with Crippen LogP contribution >= 0.6 is 0 Å². The van der Waals surface area contributed by atoms with Crippen LogP contribution < -0.4 is 10.2 Å². The lowest BCUT2D eigenvalue weighted by Gasteiger charge is -2.36. The number of fused-ring (bicyclic) bond motifs is 6. The van der Waals surface area contributed by atoms with E-state index in [4.69, 9.17) is 0 Å². The van der Waals surface area contributed by atoms with E-state index in [-0.39, 0.29) is 0 Å². The molecule has 1 atom stereocenters. The smallest absolute Gasteiger partial charge is 0.0847 e. The number of hydrogen-bond donors (Lipinski definition) is 1. The molecule has 0 aromatic heterocycles. The monoisotopic (exact) mass is 690 g/mol. The number of nitrogens with zero attached hydrogens (tertiary/aromatic N) is 1. The molecule has 0 bridgehead atoms. The normalized spacial score (nSPS) is 15.4. The highest BCUT2D eigenvalue weighted by Gasteiger charge is 2.31. The molecule has 2 heteroatoms. The Hall–Kier alpha value is -6.90. The summed E-state index contributed by atoms with van der Waals surface area (Å²) >= 11 is 0. The molecule has 0 aliphatic heterocycles. The van der Waals surface area contributed by atoms with Gasteiger partial charge in [-0.1, -0.05) is 176 Å². The van der Waals surface area contributed by atoms with Crippen LogP contribution in [0.15, 0.2) is 212 Å². The third-order valence-electron chi connectivity index (χ3n) is 11.1. The van der Waals surface area contributed by atoms with E-state index in [9.17, 15) is 0 Å². The maximum absolute atomic E-state index is 4.07. The molecule has 0 saturated heterocycles. The largest absolute Gasteiger partial charge is 0.371 e. The van der Waals surface area contributed by atoms with Gasteiger partial charge in [0.15, 0.2) is 0 Å². The molecule has 0 spiro atoms. The average Bonchev–Trinajstić information content (AvgIpc) is 3.25. The fraction of sp³-hybridized carbons (Fsp3) is 0.0385. The van der Waals surface area contributed by atoms with E-state index in [1.54, 1.807) is 0 Å². The van der Waals surface area contributed by atoms with E-state index in [0.29, 0.717) is 0 Å². The van der Waals surface area contributed by atoms with Gasteiger partial charge in [-0.3, -0.25) is 0 Å². The van der Waals surface area contributed by atoms with E-state index in [2.05, 4.69) is 223 Å². The molecule has 0 saturated carbocycles. The van der Waals surface area contributed by atoms with Crippen LogP contribution in [0.25, 0.3) is 48.7 Å². The van der Waals surface area contributed by atoms with Crippen molar-refractivity contribution in [2.45, 2.75) is 12.0 Å². The van der Waals surface area contributed by atoms with Gasteiger partial charge in [0.2, 0.25) is 0 Å². The maximum Gasteiger partial charge on any atom is 0.0847 e. The molecule has 10 rings (SSSR count). The van der Waals surface area contributed by atoms with Gasteiger partial charge < -0.3 is 10.2 Å². The Morgan fingerprint density at radius 3 is 1.61 bits per heavy atom. The number of nitrogens with one attached hydrogen (secondary N) is 1. The van der Waals surface area contributed by atoms with Crippen molar-refractivity contribution in [3.63, 3.8) is 0 Å². The van der Waals surface area contributed by atoms with E-state index in [0.717, 1.165) is 23.5 Å². The van der Waals surface area contributed by atoms with Crippen LogP contribution in [0.3, 0.4) is 0 Å². The maximum atomic E-state index is 4.07. The van der Waals surface area contributed by atoms with Crippen LogP contribution in [-0.2, 0) is 5.54 Å². The van der Waals surface area contributed by atoms with Crippen LogP contribution in [-0.4, -0.2) is 0 Å². The number of para-hydroxylation sites is 1.